The van der Waals surface area contributed by atoms with Crippen molar-refractivity contribution < 1.29 is 24.0 Å². The highest BCUT2D eigenvalue weighted by molar-refractivity contribution is 5.71. The summed E-state index contributed by atoms with van der Waals surface area (Å²) < 4.78 is 11.3. The summed E-state index contributed by atoms with van der Waals surface area (Å²) in [7, 11) is 0. The van der Waals surface area contributed by atoms with Crippen LogP contribution in [0.3, 0.4) is 0 Å². The lowest BCUT2D eigenvalue weighted by Crippen LogP contribution is -2.66. The van der Waals surface area contributed by atoms with E-state index in [0.29, 0.717) is 12.3 Å². The van der Waals surface area contributed by atoms with Crippen LogP contribution >= 0.6 is 0 Å². The average Bonchev–Trinajstić information content (AvgIpc) is 2.55. The fourth-order valence-electron chi connectivity index (χ4n) is 4.11. The summed E-state index contributed by atoms with van der Waals surface area (Å²) in [6.45, 7) is 1.86. The largest absolute Gasteiger partial charge is 0.432 e. The molecule has 1 aliphatic carbocycles. The number of ether oxygens (including phenoxy) is 2. The molecule has 5 fully saturated rings. The van der Waals surface area contributed by atoms with E-state index in [0.717, 1.165) is 32.1 Å². The third-order valence-corrected chi connectivity index (χ3v) is 5.07. The molecule has 0 N–H and O–H groups in total. The number of fused-ring (bicyclic) bond motifs is 2. The molecule has 4 saturated heterocycles. The van der Waals surface area contributed by atoms with Gasteiger partial charge in [-0.25, -0.2) is 9.78 Å². The standard InChI is InChI=1S/C13H18O5/c1-12-6-5-8-3-2-4-9-7-10(14)15-11(16-12)13(8,9)18-17-12/h8-9,11H,2-7H2,1H3/t8-,9+,11?,12-,13-/m1/s1. The van der Waals surface area contributed by atoms with Crippen molar-refractivity contribution in [3.8, 4) is 0 Å². The number of rotatable bonds is 0. The van der Waals surface area contributed by atoms with Gasteiger partial charge in [0.2, 0.25) is 12.1 Å². The van der Waals surface area contributed by atoms with Crippen LogP contribution in [0, 0.1) is 11.8 Å². The van der Waals surface area contributed by atoms with Crippen LogP contribution in [0.1, 0.15) is 45.4 Å². The van der Waals surface area contributed by atoms with Gasteiger partial charge < -0.3 is 9.47 Å². The first kappa shape index (κ1) is 11.2. The van der Waals surface area contributed by atoms with Crippen molar-refractivity contribution >= 4 is 5.97 Å². The Balaban J connectivity index is 1.80. The van der Waals surface area contributed by atoms with Gasteiger partial charge in [-0.05, 0) is 32.1 Å². The van der Waals surface area contributed by atoms with Crippen LogP contribution in [0.25, 0.3) is 0 Å². The molecular formula is C13H18O5. The third kappa shape index (κ3) is 1.30. The molecule has 5 nitrogen and oxygen atoms in total. The van der Waals surface area contributed by atoms with Gasteiger partial charge in [-0.2, -0.15) is 0 Å². The Morgan fingerprint density at radius 2 is 2.00 bits per heavy atom. The molecule has 5 atom stereocenters. The second-order valence-corrected chi connectivity index (χ2v) is 6.16. The predicted octanol–water partition coefficient (Wildman–Crippen LogP) is 1.90. The molecule has 0 aromatic heterocycles. The van der Waals surface area contributed by atoms with E-state index in [1.807, 2.05) is 6.92 Å². The molecule has 5 heteroatoms. The van der Waals surface area contributed by atoms with Crippen LogP contribution in [0.2, 0.25) is 0 Å². The zero-order chi connectivity index (χ0) is 12.4. The van der Waals surface area contributed by atoms with Crippen molar-refractivity contribution in [1.29, 1.82) is 0 Å². The maximum atomic E-state index is 11.7. The van der Waals surface area contributed by atoms with Gasteiger partial charge in [0.15, 0.2) is 5.60 Å². The van der Waals surface area contributed by atoms with Crippen LogP contribution < -0.4 is 0 Å². The molecule has 0 amide bonds. The molecular weight excluding hydrogens is 236 g/mol. The summed E-state index contributed by atoms with van der Waals surface area (Å²) in [5, 5.41) is 0. The first-order valence-electron chi connectivity index (χ1n) is 6.86. The second-order valence-electron chi connectivity index (χ2n) is 6.16. The van der Waals surface area contributed by atoms with Gasteiger partial charge >= 0.3 is 5.97 Å². The normalized spacial score (nSPS) is 54.5. The van der Waals surface area contributed by atoms with E-state index in [2.05, 4.69) is 0 Å². The molecule has 0 radical (unpaired) electrons. The maximum absolute atomic E-state index is 11.7. The first-order chi connectivity index (χ1) is 8.62. The number of hydrogen-bond acceptors (Lipinski definition) is 5. The summed E-state index contributed by atoms with van der Waals surface area (Å²) in [6.07, 6.45) is 4.89. The van der Waals surface area contributed by atoms with Crippen molar-refractivity contribution in [3.05, 3.63) is 0 Å². The fraction of sp³-hybridized carbons (Fsp3) is 0.923. The molecule has 0 aromatic rings. The van der Waals surface area contributed by atoms with E-state index in [-0.39, 0.29) is 11.9 Å². The summed E-state index contributed by atoms with van der Waals surface area (Å²) in [5.41, 5.74) is -0.553. The predicted molar refractivity (Wildman–Crippen MR) is 59.0 cm³/mol. The van der Waals surface area contributed by atoms with Gasteiger partial charge in [-0.3, -0.25) is 4.79 Å². The summed E-state index contributed by atoms with van der Waals surface area (Å²) >= 11 is 0. The van der Waals surface area contributed by atoms with E-state index in [9.17, 15) is 4.79 Å². The van der Waals surface area contributed by atoms with Crippen LogP contribution in [0.4, 0.5) is 0 Å². The Labute approximate surface area is 106 Å². The SMILES string of the molecule is C[C@@]12CC[C@H]3CCC[C@H]4CC(=O)OC(O1)[C@@]34OO2. The number of carbonyl (C=O) groups excluding carboxylic acids is 1. The van der Waals surface area contributed by atoms with E-state index in [4.69, 9.17) is 19.2 Å². The van der Waals surface area contributed by atoms with E-state index >= 15 is 0 Å². The van der Waals surface area contributed by atoms with Crippen molar-refractivity contribution in [3.63, 3.8) is 0 Å². The highest BCUT2D eigenvalue weighted by Gasteiger charge is 2.67. The second kappa shape index (κ2) is 3.46. The maximum Gasteiger partial charge on any atom is 0.308 e. The van der Waals surface area contributed by atoms with Crippen LogP contribution in [0.15, 0.2) is 0 Å². The lowest BCUT2D eigenvalue weighted by Gasteiger charge is -2.54. The molecule has 18 heavy (non-hydrogen) atoms. The lowest BCUT2D eigenvalue weighted by molar-refractivity contribution is -0.555. The van der Waals surface area contributed by atoms with Gasteiger partial charge in [-0.15, -0.1) is 0 Å². The quantitative estimate of drug-likeness (QED) is 0.488. The molecule has 4 heterocycles. The molecule has 4 aliphatic heterocycles. The summed E-state index contributed by atoms with van der Waals surface area (Å²) in [5.74, 6) is -0.394. The summed E-state index contributed by atoms with van der Waals surface area (Å²) in [6, 6.07) is 0. The molecule has 0 aromatic carbocycles. The Morgan fingerprint density at radius 1 is 1.17 bits per heavy atom. The van der Waals surface area contributed by atoms with E-state index < -0.39 is 17.7 Å². The lowest BCUT2D eigenvalue weighted by atomic mass is 9.64. The van der Waals surface area contributed by atoms with Crippen LogP contribution in [0.5, 0.6) is 0 Å². The minimum absolute atomic E-state index is 0.170. The van der Waals surface area contributed by atoms with Gasteiger partial charge in [0.1, 0.15) is 0 Å². The molecule has 1 unspecified atom stereocenters. The zero-order valence-electron chi connectivity index (χ0n) is 10.5. The molecule has 1 spiro atoms. The van der Waals surface area contributed by atoms with Gasteiger partial charge in [0.05, 0.1) is 6.42 Å². The Bertz CT molecular complexity index is 397. The Hall–Kier alpha value is -0.650. The topological polar surface area (TPSA) is 54.0 Å². The zero-order valence-corrected chi connectivity index (χ0v) is 10.5. The number of hydrogen-bond donors (Lipinski definition) is 0. The van der Waals surface area contributed by atoms with Gasteiger partial charge in [0, 0.05) is 12.3 Å². The molecule has 2 bridgehead atoms. The smallest absolute Gasteiger partial charge is 0.308 e. The van der Waals surface area contributed by atoms with Crippen LogP contribution in [-0.2, 0) is 24.0 Å². The number of esters is 1. The molecule has 100 valence electrons. The van der Waals surface area contributed by atoms with Crippen molar-refractivity contribution in [2.75, 3.05) is 0 Å². The Morgan fingerprint density at radius 3 is 2.89 bits per heavy atom. The van der Waals surface area contributed by atoms with Crippen molar-refractivity contribution in [2.45, 2.75) is 63.1 Å². The van der Waals surface area contributed by atoms with Gasteiger partial charge in [-0.1, -0.05) is 6.42 Å². The van der Waals surface area contributed by atoms with E-state index in [1.165, 1.54) is 0 Å². The average molecular weight is 254 g/mol. The summed E-state index contributed by atoms with van der Waals surface area (Å²) in [4.78, 5) is 23.0. The minimum Gasteiger partial charge on any atom is -0.432 e. The van der Waals surface area contributed by atoms with Crippen molar-refractivity contribution in [1.82, 2.24) is 0 Å². The first-order valence-corrected chi connectivity index (χ1v) is 6.86. The molecule has 5 aliphatic rings. The Kier molecular flexibility index (Phi) is 2.16. The molecule has 5 rings (SSSR count). The molecule has 1 saturated carbocycles. The van der Waals surface area contributed by atoms with E-state index in [1.54, 1.807) is 0 Å². The van der Waals surface area contributed by atoms with Crippen LogP contribution in [-0.4, -0.2) is 23.6 Å². The number of carbonyl (C=O) groups is 1. The van der Waals surface area contributed by atoms with Crippen molar-refractivity contribution in [2.24, 2.45) is 11.8 Å². The third-order valence-electron chi connectivity index (χ3n) is 5.07. The van der Waals surface area contributed by atoms with Gasteiger partial charge in [0.25, 0.3) is 0 Å². The minimum atomic E-state index is -0.768. The fourth-order valence-corrected chi connectivity index (χ4v) is 4.11. The highest BCUT2D eigenvalue weighted by Crippen LogP contribution is 2.56. The monoisotopic (exact) mass is 254 g/mol. The highest BCUT2D eigenvalue weighted by atomic mass is 17.3.